The molecular weight excluding hydrogens is 318 g/mol. The highest BCUT2D eigenvalue weighted by molar-refractivity contribution is 5.56. The molecule has 26 heavy (non-hydrogen) atoms. The van der Waals surface area contributed by atoms with Gasteiger partial charge in [0.2, 0.25) is 0 Å². The topological polar surface area (TPSA) is 49.6 Å². The molecule has 3 nitrogen and oxygen atoms in total. The number of nitriles is 1. The fourth-order valence-electron chi connectivity index (χ4n) is 4.04. The van der Waals surface area contributed by atoms with Crippen LogP contribution in [0.25, 0.3) is 11.4 Å². The van der Waals surface area contributed by atoms with Crippen molar-refractivity contribution in [3.8, 4) is 17.5 Å². The second-order valence-electron chi connectivity index (χ2n) is 7.60. The van der Waals surface area contributed by atoms with Gasteiger partial charge in [-0.2, -0.15) is 5.26 Å². The maximum atomic E-state index is 8.89. The zero-order valence-electron chi connectivity index (χ0n) is 15.8. The summed E-state index contributed by atoms with van der Waals surface area (Å²) >= 11 is 0. The third-order valence-electron chi connectivity index (χ3n) is 5.73. The Balaban J connectivity index is 1.52. The lowest BCUT2D eigenvalue weighted by atomic mass is 9.77. The summed E-state index contributed by atoms with van der Waals surface area (Å²) in [6.45, 7) is 2.28. The van der Waals surface area contributed by atoms with Gasteiger partial charge in [-0.3, -0.25) is 0 Å². The Hall–Kier alpha value is -2.21. The van der Waals surface area contributed by atoms with Gasteiger partial charge in [-0.15, -0.1) is 0 Å². The van der Waals surface area contributed by atoms with Gasteiger partial charge in [-0.1, -0.05) is 39.0 Å². The first-order valence-electron chi connectivity index (χ1n) is 10.1. The zero-order valence-corrected chi connectivity index (χ0v) is 15.8. The van der Waals surface area contributed by atoms with Crippen LogP contribution in [0.1, 0.15) is 81.8 Å². The summed E-state index contributed by atoms with van der Waals surface area (Å²) in [5, 5.41) is 8.89. The van der Waals surface area contributed by atoms with Crippen molar-refractivity contribution in [3.05, 3.63) is 47.8 Å². The number of benzene rings is 1. The molecule has 1 aliphatic rings. The smallest absolute Gasteiger partial charge is 0.159 e. The largest absolute Gasteiger partial charge is 0.236 e. The lowest BCUT2D eigenvalue weighted by Gasteiger charge is -2.28. The summed E-state index contributed by atoms with van der Waals surface area (Å²) in [6, 6.07) is 9.60. The third-order valence-corrected chi connectivity index (χ3v) is 5.73. The SMILES string of the molecule is CCCCCC[C@H]1CC[C@H](c2cnc(-c3ccc(C#N)cc3)nc2)CC1. The second-order valence-corrected chi connectivity index (χ2v) is 7.60. The predicted octanol–water partition coefficient (Wildman–Crippen LogP) is 6.26. The zero-order chi connectivity index (χ0) is 18.2. The second kappa shape index (κ2) is 9.48. The van der Waals surface area contributed by atoms with E-state index in [9.17, 15) is 0 Å². The number of hydrogen-bond donors (Lipinski definition) is 0. The van der Waals surface area contributed by atoms with Gasteiger partial charge in [0.15, 0.2) is 5.82 Å². The molecule has 0 atom stereocenters. The van der Waals surface area contributed by atoms with E-state index in [0.717, 1.165) is 17.3 Å². The van der Waals surface area contributed by atoms with E-state index < -0.39 is 0 Å². The summed E-state index contributed by atoms with van der Waals surface area (Å²) in [7, 11) is 0. The van der Waals surface area contributed by atoms with Crippen molar-refractivity contribution in [1.82, 2.24) is 9.97 Å². The Morgan fingerprint density at radius 3 is 2.27 bits per heavy atom. The predicted molar refractivity (Wildman–Crippen MR) is 106 cm³/mol. The molecule has 1 fully saturated rings. The molecule has 0 spiro atoms. The number of nitrogens with zero attached hydrogens (tertiary/aromatic N) is 3. The minimum atomic E-state index is 0.622. The molecule has 3 heteroatoms. The van der Waals surface area contributed by atoms with Crippen molar-refractivity contribution in [2.75, 3.05) is 0 Å². The Labute approximate surface area is 157 Å². The van der Waals surface area contributed by atoms with Crippen molar-refractivity contribution in [1.29, 1.82) is 5.26 Å². The number of rotatable bonds is 7. The van der Waals surface area contributed by atoms with Gasteiger partial charge in [0, 0.05) is 18.0 Å². The molecule has 1 aliphatic carbocycles. The van der Waals surface area contributed by atoms with E-state index in [-0.39, 0.29) is 0 Å². The molecular formula is C23H29N3. The van der Waals surface area contributed by atoms with Gasteiger partial charge >= 0.3 is 0 Å². The summed E-state index contributed by atoms with van der Waals surface area (Å²) in [4.78, 5) is 9.15. The Kier molecular flexibility index (Phi) is 6.77. The molecule has 0 saturated heterocycles. The molecule has 1 heterocycles. The lowest BCUT2D eigenvalue weighted by Crippen LogP contribution is -2.14. The van der Waals surface area contributed by atoms with E-state index in [1.807, 2.05) is 36.7 Å². The average molecular weight is 348 g/mol. The normalized spacial score (nSPS) is 19.8. The maximum absolute atomic E-state index is 8.89. The van der Waals surface area contributed by atoms with Gasteiger partial charge in [0.25, 0.3) is 0 Å². The van der Waals surface area contributed by atoms with E-state index >= 15 is 0 Å². The van der Waals surface area contributed by atoms with Gasteiger partial charge in [0.05, 0.1) is 11.6 Å². The molecule has 0 unspecified atom stereocenters. The minimum Gasteiger partial charge on any atom is -0.236 e. The molecule has 0 aliphatic heterocycles. The molecule has 1 aromatic carbocycles. The number of unbranched alkanes of at least 4 members (excludes halogenated alkanes) is 3. The summed E-state index contributed by atoms with van der Waals surface area (Å²) in [6.07, 6.45) is 16.2. The number of aromatic nitrogens is 2. The fourth-order valence-corrected chi connectivity index (χ4v) is 4.04. The Bertz CT molecular complexity index is 705. The Morgan fingerprint density at radius 1 is 0.962 bits per heavy atom. The maximum Gasteiger partial charge on any atom is 0.159 e. The van der Waals surface area contributed by atoms with Crippen LogP contribution in [0.3, 0.4) is 0 Å². The van der Waals surface area contributed by atoms with E-state index in [0.29, 0.717) is 11.5 Å². The van der Waals surface area contributed by atoms with E-state index in [2.05, 4.69) is 23.0 Å². The molecule has 136 valence electrons. The lowest BCUT2D eigenvalue weighted by molar-refractivity contribution is 0.301. The van der Waals surface area contributed by atoms with Crippen LogP contribution < -0.4 is 0 Å². The molecule has 0 amide bonds. The van der Waals surface area contributed by atoms with Crippen LogP contribution >= 0.6 is 0 Å². The van der Waals surface area contributed by atoms with Crippen LogP contribution in [0.4, 0.5) is 0 Å². The van der Waals surface area contributed by atoms with Crippen LogP contribution in [-0.4, -0.2) is 9.97 Å². The summed E-state index contributed by atoms with van der Waals surface area (Å²) < 4.78 is 0. The first kappa shape index (κ1) is 18.6. The molecule has 2 aromatic rings. The monoisotopic (exact) mass is 347 g/mol. The average Bonchev–Trinajstić information content (AvgIpc) is 2.72. The molecule has 0 radical (unpaired) electrons. The highest BCUT2D eigenvalue weighted by Gasteiger charge is 2.22. The standard InChI is InChI=1S/C23H29N3/c1-2-3-4-5-6-18-7-11-20(12-8-18)22-16-25-23(26-17-22)21-13-9-19(15-24)10-14-21/h9-10,13-14,16-18,20H,2-8,11-12H2,1H3/t18-,20-. The molecule has 0 N–H and O–H groups in total. The van der Waals surface area contributed by atoms with Gasteiger partial charge in [0.1, 0.15) is 0 Å². The van der Waals surface area contributed by atoms with Gasteiger partial charge in [-0.25, -0.2) is 9.97 Å². The van der Waals surface area contributed by atoms with Crippen molar-refractivity contribution in [2.24, 2.45) is 5.92 Å². The summed E-state index contributed by atoms with van der Waals surface area (Å²) in [5.74, 6) is 2.29. The van der Waals surface area contributed by atoms with Crippen LogP contribution in [-0.2, 0) is 0 Å². The Morgan fingerprint density at radius 2 is 1.65 bits per heavy atom. The highest BCUT2D eigenvalue weighted by atomic mass is 14.9. The van der Waals surface area contributed by atoms with Crippen molar-refractivity contribution in [2.45, 2.75) is 70.6 Å². The highest BCUT2D eigenvalue weighted by Crippen LogP contribution is 2.37. The van der Waals surface area contributed by atoms with E-state index in [4.69, 9.17) is 5.26 Å². The third kappa shape index (κ3) is 4.91. The van der Waals surface area contributed by atoms with Gasteiger partial charge in [-0.05, 0) is 67.3 Å². The van der Waals surface area contributed by atoms with Gasteiger partial charge < -0.3 is 0 Å². The van der Waals surface area contributed by atoms with E-state index in [1.165, 1.54) is 63.4 Å². The van der Waals surface area contributed by atoms with Crippen LogP contribution in [0.15, 0.2) is 36.7 Å². The molecule has 1 saturated carbocycles. The quantitative estimate of drug-likeness (QED) is 0.555. The summed E-state index contributed by atoms with van der Waals surface area (Å²) in [5.41, 5.74) is 2.91. The molecule has 3 rings (SSSR count). The van der Waals surface area contributed by atoms with Crippen LogP contribution in [0.5, 0.6) is 0 Å². The van der Waals surface area contributed by atoms with Crippen molar-refractivity contribution in [3.63, 3.8) is 0 Å². The molecule has 1 aromatic heterocycles. The molecule has 0 bridgehead atoms. The van der Waals surface area contributed by atoms with Crippen molar-refractivity contribution >= 4 is 0 Å². The van der Waals surface area contributed by atoms with Crippen LogP contribution in [0, 0.1) is 17.2 Å². The minimum absolute atomic E-state index is 0.622. The fraction of sp³-hybridized carbons (Fsp3) is 0.522. The first-order valence-corrected chi connectivity index (χ1v) is 10.1. The first-order chi connectivity index (χ1) is 12.8. The van der Waals surface area contributed by atoms with Crippen LogP contribution in [0.2, 0.25) is 0 Å². The van der Waals surface area contributed by atoms with Crippen molar-refractivity contribution < 1.29 is 0 Å². The number of hydrogen-bond acceptors (Lipinski definition) is 3. The van der Waals surface area contributed by atoms with E-state index in [1.54, 1.807) is 0 Å².